The van der Waals surface area contributed by atoms with Gasteiger partial charge < -0.3 is 14.6 Å². The molecule has 7 heteroatoms. The van der Waals surface area contributed by atoms with E-state index in [4.69, 9.17) is 4.42 Å². The van der Waals surface area contributed by atoms with Crippen molar-refractivity contribution in [2.24, 2.45) is 5.92 Å². The molecular weight excluding hydrogens is 356 g/mol. The van der Waals surface area contributed by atoms with Crippen molar-refractivity contribution >= 4 is 11.8 Å². The van der Waals surface area contributed by atoms with Gasteiger partial charge in [0, 0.05) is 37.5 Å². The lowest BCUT2D eigenvalue weighted by Gasteiger charge is -2.16. The molecule has 28 heavy (non-hydrogen) atoms. The zero-order chi connectivity index (χ0) is 19.3. The minimum Gasteiger partial charge on any atom is -0.444 e. The van der Waals surface area contributed by atoms with Crippen LogP contribution in [-0.4, -0.2) is 33.2 Å². The smallest absolute Gasteiger partial charge is 0.226 e. The number of carbonyl (C=O) groups is 2. The molecule has 3 heterocycles. The van der Waals surface area contributed by atoms with Crippen LogP contribution in [0.4, 0.5) is 0 Å². The molecule has 2 amide bonds. The number of nitrogens with one attached hydrogen (secondary N) is 1. The van der Waals surface area contributed by atoms with E-state index >= 15 is 0 Å². The Morgan fingerprint density at radius 3 is 2.86 bits per heavy atom. The van der Waals surface area contributed by atoms with Gasteiger partial charge in [0.15, 0.2) is 0 Å². The summed E-state index contributed by atoms with van der Waals surface area (Å²) < 4.78 is 5.48. The summed E-state index contributed by atoms with van der Waals surface area (Å²) >= 11 is 0. The fourth-order valence-electron chi connectivity index (χ4n) is 3.24. The zero-order valence-electron chi connectivity index (χ0n) is 15.2. The van der Waals surface area contributed by atoms with Crippen LogP contribution in [0.3, 0.4) is 0 Å². The minimum absolute atomic E-state index is 0.0168. The van der Waals surface area contributed by atoms with Crippen LogP contribution in [0.2, 0.25) is 0 Å². The molecule has 1 N–H and O–H groups in total. The number of hydrogen-bond acceptors (Lipinski definition) is 5. The van der Waals surface area contributed by atoms with Gasteiger partial charge in [0.1, 0.15) is 6.26 Å². The van der Waals surface area contributed by atoms with E-state index in [2.05, 4.69) is 15.3 Å². The minimum atomic E-state index is -0.357. The van der Waals surface area contributed by atoms with Crippen molar-refractivity contribution in [3.05, 3.63) is 72.4 Å². The monoisotopic (exact) mass is 376 g/mol. The van der Waals surface area contributed by atoms with Gasteiger partial charge in [-0.1, -0.05) is 24.3 Å². The van der Waals surface area contributed by atoms with Gasteiger partial charge in [-0.3, -0.25) is 14.6 Å². The van der Waals surface area contributed by atoms with E-state index in [1.54, 1.807) is 17.3 Å². The summed E-state index contributed by atoms with van der Waals surface area (Å²) in [5.41, 5.74) is 2.48. The molecule has 0 spiro atoms. The molecule has 7 nitrogen and oxygen atoms in total. The van der Waals surface area contributed by atoms with Gasteiger partial charge in [-0.25, -0.2) is 4.98 Å². The number of aromatic nitrogens is 2. The maximum atomic E-state index is 12.5. The van der Waals surface area contributed by atoms with Crippen LogP contribution in [-0.2, 0) is 22.7 Å². The Labute approximate surface area is 162 Å². The first kappa shape index (κ1) is 17.9. The molecule has 1 aromatic carbocycles. The summed E-state index contributed by atoms with van der Waals surface area (Å²) in [4.78, 5) is 34.9. The number of amides is 2. The summed E-state index contributed by atoms with van der Waals surface area (Å²) in [5.74, 6) is -0.00342. The van der Waals surface area contributed by atoms with E-state index in [9.17, 15) is 9.59 Å². The van der Waals surface area contributed by atoms with E-state index in [1.165, 1.54) is 6.26 Å². The molecular formula is C21H20N4O3. The maximum Gasteiger partial charge on any atom is 0.226 e. The number of benzene rings is 1. The molecule has 4 rings (SSSR count). The summed E-state index contributed by atoms with van der Waals surface area (Å²) in [6.07, 6.45) is 5.19. The lowest BCUT2D eigenvalue weighted by atomic mass is 10.1. The Balaban J connectivity index is 1.31. The summed E-state index contributed by atoms with van der Waals surface area (Å²) in [5, 5.41) is 2.86. The fraction of sp³-hybridized carbons (Fsp3) is 0.238. The number of nitrogens with zero attached hydrogens (tertiary/aromatic N) is 3. The molecule has 1 atom stereocenters. The van der Waals surface area contributed by atoms with E-state index in [0.29, 0.717) is 24.7 Å². The van der Waals surface area contributed by atoms with Gasteiger partial charge in [-0.15, -0.1) is 0 Å². The van der Waals surface area contributed by atoms with Crippen molar-refractivity contribution < 1.29 is 14.0 Å². The molecule has 1 fully saturated rings. The second kappa shape index (κ2) is 8.04. The average Bonchev–Trinajstić information content (AvgIpc) is 3.35. The molecule has 1 aliphatic rings. The molecule has 1 aliphatic heterocycles. The first-order valence-electron chi connectivity index (χ1n) is 9.13. The summed E-state index contributed by atoms with van der Waals surface area (Å²) in [6.45, 7) is 1.15. The first-order valence-corrected chi connectivity index (χ1v) is 9.13. The topological polar surface area (TPSA) is 88.3 Å². The van der Waals surface area contributed by atoms with Gasteiger partial charge in [0.05, 0.1) is 18.2 Å². The van der Waals surface area contributed by atoms with Crippen LogP contribution in [0.5, 0.6) is 0 Å². The van der Waals surface area contributed by atoms with Crippen LogP contribution in [0.25, 0.3) is 11.5 Å². The fourth-order valence-corrected chi connectivity index (χ4v) is 3.24. The number of hydrogen-bond donors (Lipinski definition) is 1. The van der Waals surface area contributed by atoms with Crippen LogP contribution >= 0.6 is 0 Å². The van der Waals surface area contributed by atoms with Crippen molar-refractivity contribution in [1.29, 1.82) is 0 Å². The third-order valence-corrected chi connectivity index (χ3v) is 4.70. The maximum absolute atomic E-state index is 12.5. The molecule has 0 radical (unpaired) electrons. The Bertz CT molecular complexity index is 956. The number of likely N-dealkylation sites (tertiary alicyclic amines) is 1. The van der Waals surface area contributed by atoms with Crippen molar-refractivity contribution in [1.82, 2.24) is 20.2 Å². The second-order valence-corrected chi connectivity index (χ2v) is 6.76. The predicted molar refractivity (Wildman–Crippen MR) is 102 cm³/mol. The van der Waals surface area contributed by atoms with Gasteiger partial charge in [-0.05, 0) is 23.8 Å². The number of pyridine rings is 1. The highest BCUT2D eigenvalue weighted by Crippen LogP contribution is 2.21. The number of oxazole rings is 1. The third kappa shape index (κ3) is 4.09. The normalized spacial score (nSPS) is 16.4. The Morgan fingerprint density at radius 2 is 2.07 bits per heavy atom. The molecule has 3 aromatic rings. The Morgan fingerprint density at radius 1 is 1.21 bits per heavy atom. The number of rotatable bonds is 6. The molecule has 0 bridgehead atoms. The third-order valence-electron chi connectivity index (χ3n) is 4.70. The van der Waals surface area contributed by atoms with E-state index in [-0.39, 0.29) is 30.7 Å². The lowest BCUT2D eigenvalue weighted by molar-refractivity contribution is -0.129. The van der Waals surface area contributed by atoms with E-state index in [0.717, 1.165) is 11.1 Å². The van der Waals surface area contributed by atoms with Gasteiger partial charge >= 0.3 is 0 Å². The highest BCUT2D eigenvalue weighted by atomic mass is 16.3. The standard InChI is InChI=1S/C21H20N4O3/c26-19-9-17(13-25(19)12-15-5-4-8-22-10-15)20(27)23-11-18-14-28-21(24-18)16-6-2-1-3-7-16/h1-8,10,14,17H,9,11-13H2,(H,23,27). The highest BCUT2D eigenvalue weighted by Gasteiger charge is 2.34. The summed E-state index contributed by atoms with van der Waals surface area (Å²) in [7, 11) is 0. The van der Waals surface area contributed by atoms with Crippen molar-refractivity contribution in [2.45, 2.75) is 19.5 Å². The van der Waals surface area contributed by atoms with E-state index < -0.39 is 0 Å². The van der Waals surface area contributed by atoms with Crippen molar-refractivity contribution in [2.75, 3.05) is 6.54 Å². The van der Waals surface area contributed by atoms with Crippen molar-refractivity contribution in [3.63, 3.8) is 0 Å². The summed E-state index contributed by atoms with van der Waals surface area (Å²) in [6, 6.07) is 13.3. The first-order chi connectivity index (χ1) is 13.7. The molecule has 142 valence electrons. The Kier molecular flexibility index (Phi) is 5.14. The Hall–Kier alpha value is -3.48. The average molecular weight is 376 g/mol. The molecule has 1 unspecified atom stereocenters. The number of carbonyl (C=O) groups excluding carboxylic acids is 2. The van der Waals surface area contributed by atoms with Crippen LogP contribution in [0, 0.1) is 5.92 Å². The van der Waals surface area contributed by atoms with Crippen molar-refractivity contribution in [3.8, 4) is 11.5 Å². The van der Waals surface area contributed by atoms with Crippen LogP contribution in [0.1, 0.15) is 17.7 Å². The predicted octanol–water partition coefficient (Wildman–Crippen LogP) is 2.40. The molecule has 0 saturated carbocycles. The zero-order valence-corrected chi connectivity index (χ0v) is 15.2. The van der Waals surface area contributed by atoms with Gasteiger partial charge in [0.2, 0.25) is 17.7 Å². The largest absolute Gasteiger partial charge is 0.444 e. The second-order valence-electron chi connectivity index (χ2n) is 6.76. The molecule has 1 saturated heterocycles. The van der Waals surface area contributed by atoms with E-state index in [1.807, 2.05) is 42.5 Å². The van der Waals surface area contributed by atoms with Crippen LogP contribution in [0.15, 0.2) is 65.5 Å². The van der Waals surface area contributed by atoms with Crippen LogP contribution < -0.4 is 5.32 Å². The SMILES string of the molecule is O=C(NCc1coc(-c2ccccc2)n1)C1CC(=O)N(Cc2cccnc2)C1. The highest BCUT2D eigenvalue weighted by molar-refractivity contribution is 5.89. The van der Waals surface area contributed by atoms with Gasteiger partial charge in [-0.2, -0.15) is 0 Å². The van der Waals surface area contributed by atoms with Gasteiger partial charge in [0.25, 0.3) is 0 Å². The lowest BCUT2D eigenvalue weighted by Crippen LogP contribution is -2.32. The quantitative estimate of drug-likeness (QED) is 0.714. The molecule has 2 aromatic heterocycles. The molecule has 0 aliphatic carbocycles.